The highest BCUT2D eigenvalue weighted by molar-refractivity contribution is 5.85. The van der Waals surface area contributed by atoms with Gasteiger partial charge in [-0.2, -0.15) is 0 Å². The summed E-state index contributed by atoms with van der Waals surface area (Å²) in [6.07, 6.45) is 5.37. The van der Waals surface area contributed by atoms with E-state index in [0.717, 1.165) is 0 Å². The number of nitrogens with one attached hydrogen (secondary N) is 1. The number of amides is 1. The van der Waals surface area contributed by atoms with Crippen molar-refractivity contribution < 1.29 is 9.59 Å². The number of carbonyl (C=O) groups excluding carboxylic acids is 2. The van der Waals surface area contributed by atoms with Gasteiger partial charge in [-0.15, -0.1) is 0 Å². The average molecular weight is 209 g/mol. The normalized spacial score (nSPS) is 10.9. The lowest BCUT2D eigenvalue weighted by Crippen LogP contribution is -2.20. The second kappa shape index (κ2) is 10.4. The van der Waals surface area contributed by atoms with Crippen LogP contribution in [0.25, 0.3) is 0 Å². The van der Waals surface area contributed by atoms with E-state index < -0.39 is 0 Å². The minimum atomic E-state index is -0.204. The van der Waals surface area contributed by atoms with Crippen LogP contribution >= 0.6 is 0 Å². The van der Waals surface area contributed by atoms with Crippen LogP contribution in [0.1, 0.15) is 27.7 Å². The molecule has 0 aliphatic rings. The smallest absolute Gasteiger partial charge is 0.221 e. The van der Waals surface area contributed by atoms with Crippen LogP contribution in [-0.4, -0.2) is 12.2 Å². The van der Waals surface area contributed by atoms with Crippen molar-refractivity contribution >= 4 is 12.2 Å². The number of rotatable bonds is 4. The van der Waals surface area contributed by atoms with Gasteiger partial charge >= 0.3 is 0 Å². The molecule has 0 fully saturated rings. The Morgan fingerprint density at radius 1 is 1.33 bits per heavy atom. The van der Waals surface area contributed by atoms with Crippen molar-refractivity contribution in [1.82, 2.24) is 5.32 Å². The number of allylic oxidation sites excluding steroid dienone is 4. The third kappa shape index (κ3) is 7.43. The van der Waals surface area contributed by atoms with Crippen molar-refractivity contribution in [2.45, 2.75) is 27.7 Å². The first-order valence-electron chi connectivity index (χ1n) is 4.87. The summed E-state index contributed by atoms with van der Waals surface area (Å²) in [5.41, 5.74) is 0.912. The Kier molecular flexibility index (Phi) is 11.0. The van der Waals surface area contributed by atoms with Crippen molar-refractivity contribution in [2.24, 2.45) is 0 Å². The van der Waals surface area contributed by atoms with Gasteiger partial charge in [0, 0.05) is 18.2 Å². The summed E-state index contributed by atoms with van der Waals surface area (Å²) >= 11 is 0. The molecule has 1 amide bonds. The summed E-state index contributed by atoms with van der Waals surface area (Å²) in [6.45, 7) is 10.6. The van der Waals surface area contributed by atoms with Crippen LogP contribution < -0.4 is 5.32 Å². The molecule has 0 aromatic rings. The predicted octanol–water partition coefficient (Wildman–Crippen LogP) is 2.36. The molecule has 0 radical (unpaired) electrons. The summed E-state index contributed by atoms with van der Waals surface area (Å²) in [6, 6.07) is 0. The molecule has 0 spiro atoms. The zero-order valence-corrected chi connectivity index (χ0v) is 9.83. The van der Waals surface area contributed by atoms with Crippen LogP contribution in [0.5, 0.6) is 0 Å². The highest BCUT2D eigenvalue weighted by Crippen LogP contribution is 2.03. The minimum absolute atomic E-state index is 0.204. The molecule has 0 aromatic carbocycles. The Bertz CT molecular complexity index is 275. The summed E-state index contributed by atoms with van der Waals surface area (Å²) in [5, 5.41) is 2.54. The second-order valence-corrected chi connectivity index (χ2v) is 2.36. The van der Waals surface area contributed by atoms with Gasteiger partial charge in [0.1, 0.15) is 0 Å². The molecular formula is C12H19NO2. The third-order valence-corrected chi connectivity index (χ3v) is 1.33. The Morgan fingerprint density at radius 2 is 1.87 bits per heavy atom. The Hall–Kier alpha value is -1.64. The minimum Gasteiger partial charge on any atom is -0.326 e. The topological polar surface area (TPSA) is 46.2 Å². The van der Waals surface area contributed by atoms with Crippen LogP contribution in [0.15, 0.2) is 36.1 Å². The standard InChI is InChI=1S/C10H13NO2.C2H6/c1-4-6-9(7-12)10(5-2)11-8(3)13;1-2/h4-7H,1H2,2-3H3,(H,11,13);1-2H3/b9-6-,10-5+;. The van der Waals surface area contributed by atoms with E-state index in [0.29, 0.717) is 17.6 Å². The van der Waals surface area contributed by atoms with Gasteiger partial charge in [0.2, 0.25) is 5.91 Å². The van der Waals surface area contributed by atoms with Crippen LogP contribution in [0.4, 0.5) is 0 Å². The molecule has 1 N–H and O–H groups in total. The predicted molar refractivity (Wildman–Crippen MR) is 63.3 cm³/mol. The fourth-order valence-electron chi connectivity index (χ4n) is 0.820. The maximum absolute atomic E-state index is 10.7. The quantitative estimate of drug-likeness (QED) is 0.439. The van der Waals surface area contributed by atoms with Gasteiger partial charge in [-0.1, -0.05) is 38.7 Å². The largest absolute Gasteiger partial charge is 0.326 e. The molecule has 3 heteroatoms. The third-order valence-electron chi connectivity index (χ3n) is 1.33. The molecule has 84 valence electrons. The molecular weight excluding hydrogens is 190 g/mol. The van der Waals surface area contributed by atoms with Crippen LogP contribution in [0, 0.1) is 0 Å². The van der Waals surface area contributed by atoms with E-state index in [2.05, 4.69) is 11.9 Å². The molecule has 0 heterocycles. The maximum atomic E-state index is 10.7. The van der Waals surface area contributed by atoms with Gasteiger partial charge < -0.3 is 5.32 Å². The molecule has 0 atom stereocenters. The summed E-state index contributed by atoms with van der Waals surface area (Å²) in [5.74, 6) is -0.204. The first kappa shape index (κ1) is 15.8. The van der Waals surface area contributed by atoms with Crippen molar-refractivity contribution in [3.8, 4) is 0 Å². The van der Waals surface area contributed by atoms with Crippen molar-refractivity contribution in [1.29, 1.82) is 0 Å². The number of carbonyl (C=O) groups is 2. The molecule has 0 rings (SSSR count). The van der Waals surface area contributed by atoms with Crippen LogP contribution in [0.3, 0.4) is 0 Å². The average Bonchev–Trinajstić information content (AvgIpc) is 2.25. The lowest BCUT2D eigenvalue weighted by molar-refractivity contribution is -0.118. The monoisotopic (exact) mass is 209 g/mol. The van der Waals surface area contributed by atoms with Crippen molar-refractivity contribution in [3.05, 3.63) is 36.1 Å². The highest BCUT2D eigenvalue weighted by atomic mass is 16.1. The first-order chi connectivity index (χ1) is 7.15. The molecule has 0 aromatic heterocycles. The molecule has 0 aliphatic heterocycles. The van der Waals surface area contributed by atoms with Crippen molar-refractivity contribution in [3.63, 3.8) is 0 Å². The zero-order chi connectivity index (χ0) is 12.3. The molecule has 0 bridgehead atoms. The Balaban J connectivity index is 0. The SMILES string of the molecule is C=C/C=C(C=O)\C(=C/C)NC(C)=O.CC. The van der Waals surface area contributed by atoms with Gasteiger partial charge in [-0.25, -0.2) is 0 Å². The highest BCUT2D eigenvalue weighted by Gasteiger charge is 2.02. The number of aldehydes is 1. The van der Waals surface area contributed by atoms with Crippen LogP contribution in [-0.2, 0) is 9.59 Å². The van der Waals surface area contributed by atoms with Crippen LogP contribution in [0.2, 0.25) is 0 Å². The fourth-order valence-corrected chi connectivity index (χ4v) is 0.820. The van der Waals surface area contributed by atoms with Gasteiger partial charge in [-0.3, -0.25) is 9.59 Å². The number of hydrogen-bond donors (Lipinski definition) is 1. The number of hydrogen-bond acceptors (Lipinski definition) is 2. The molecule has 0 unspecified atom stereocenters. The van der Waals surface area contributed by atoms with E-state index in [1.807, 2.05) is 13.8 Å². The summed E-state index contributed by atoms with van der Waals surface area (Å²) < 4.78 is 0. The molecule has 15 heavy (non-hydrogen) atoms. The molecule has 3 nitrogen and oxygen atoms in total. The van der Waals surface area contributed by atoms with Gasteiger partial charge in [-0.05, 0) is 6.92 Å². The fraction of sp³-hybridized carbons (Fsp3) is 0.333. The lowest BCUT2D eigenvalue weighted by Gasteiger charge is -2.05. The first-order valence-corrected chi connectivity index (χ1v) is 4.87. The molecule has 0 saturated carbocycles. The maximum Gasteiger partial charge on any atom is 0.221 e. The van der Waals surface area contributed by atoms with Crippen molar-refractivity contribution in [2.75, 3.05) is 0 Å². The summed E-state index contributed by atoms with van der Waals surface area (Å²) in [7, 11) is 0. The van der Waals surface area contributed by atoms with Gasteiger partial charge in [0.25, 0.3) is 0 Å². The zero-order valence-electron chi connectivity index (χ0n) is 9.83. The van der Waals surface area contributed by atoms with Gasteiger partial charge in [0.05, 0.1) is 0 Å². The second-order valence-electron chi connectivity index (χ2n) is 2.36. The van der Waals surface area contributed by atoms with Gasteiger partial charge in [0.15, 0.2) is 6.29 Å². The van der Waals surface area contributed by atoms with E-state index in [-0.39, 0.29) is 5.91 Å². The van der Waals surface area contributed by atoms with E-state index in [9.17, 15) is 9.59 Å². The summed E-state index contributed by atoms with van der Waals surface area (Å²) in [4.78, 5) is 21.3. The van der Waals surface area contributed by atoms with E-state index in [1.165, 1.54) is 19.1 Å². The Labute approximate surface area is 91.6 Å². The molecule has 0 saturated heterocycles. The van der Waals surface area contributed by atoms with E-state index in [1.54, 1.807) is 13.0 Å². The van der Waals surface area contributed by atoms with E-state index in [4.69, 9.17) is 0 Å². The van der Waals surface area contributed by atoms with E-state index >= 15 is 0 Å². The Morgan fingerprint density at radius 3 is 2.13 bits per heavy atom. The lowest BCUT2D eigenvalue weighted by atomic mass is 10.2. The molecule has 0 aliphatic carbocycles.